The number of carbonyl (C=O) groups excluding carboxylic acids is 1. The Morgan fingerprint density at radius 3 is 2.43 bits per heavy atom. The Morgan fingerprint density at radius 2 is 1.70 bits per heavy atom. The molecule has 0 radical (unpaired) electrons. The lowest BCUT2D eigenvalue weighted by Gasteiger charge is -2.17. The van der Waals surface area contributed by atoms with Crippen LogP contribution in [-0.2, 0) is 0 Å². The normalized spacial score (nSPS) is 15.6. The second kappa shape index (κ2) is 9.54. The smallest absolute Gasteiger partial charge is 0.265 e. The monoisotopic (exact) mass is 492 g/mol. The van der Waals surface area contributed by atoms with Gasteiger partial charge in [-0.15, -0.1) is 5.01 Å². The van der Waals surface area contributed by atoms with Crippen LogP contribution in [0.5, 0.6) is 0 Å². The van der Waals surface area contributed by atoms with Crippen LogP contribution in [0, 0.1) is 0 Å². The number of fused-ring (bicyclic) bond motifs is 1. The van der Waals surface area contributed by atoms with E-state index in [-0.39, 0.29) is 5.91 Å². The van der Waals surface area contributed by atoms with Crippen LogP contribution in [0.1, 0.15) is 30.1 Å². The van der Waals surface area contributed by atoms with Gasteiger partial charge in [0.15, 0.2) is 5.69 Å². The van der Waals surface area contributed by atoms with E-state index in [9.17, 15) is 4.79 Å². The predicted octanol–water partition coefficient (Wildman–Crippen LogP) is 4.95. The second-order valence-corrected chi connectivity index (χ2v) is 9.77. The molecule has 0 atom stereocenters. The van der Waals surface area contributed by atoms with Gasteiger partial charge in [-0.1, -0.05) is 5.10 Å². The molecule has 3 heterocycles. The van der Waals surface area contributed by atoms with E-state index < -0.39 is 0 Å². The Hall–Kier alpha value is -4.46. The van der Waals surface area contributed by atoms with Crippen molar-refractivity contribution in [1.29, 1.82) is 0 Å². The summed E-state index contributed by atoms with van der Waals surface area (Å²) < 4.78 is 2.07. The number of carbonyl (C=O) groups is 1. The summed E-state index contributed by atoms with van der Waals surface area (Å²) in [6.07, 6.45) is 4.47. The van der Waals surface area contributed by atoms with E-state index in [4.69, 9.17) is 4.98 Å². The maximum absolute atomic E-state index is 12.9. The van der Waals surface area contributed by atoms with Crippen LogP contribution in [-0.4, -0.2) is 59.2 Å². The highest BCUT2D eigenvalue weighted by molar-refractivity contribution is 6.05. The first-order valence-electron chi connectivity index (χ1n) is 12.7. The van der Waals surface area contributed by atoms with Crippen molar-refractivity contribution in [2.75, 3.05) is 41.9 Å². The summed E-state index contributed by atoms with van der Waals surface area (Å²) in [6, 6.07) is 21.7. The molecule has 186 valence electrons. The Balaban J connectivity index is 1.16. The molecule has 1 saturated heterocycles. The number of nitrogens with one attached hydrogen (secondary N) is 2. The van der Waals surface area contributed by atoms with Gasteiger partial charge in [-0.25, -0.2) is 4.98 Å². The van der Waals surface area contributed by atoms with Crippen LogP contribution < -0.4 is 15.2 Å². The number of hydrazone groups is 1. The zero-order valence-corrected chi connectivity index (χ0v) is 21.1. The lowest BCUT2D eigenvalue weighted by molar-refractivity contribution is -0.478. The Labute approximate surface area is 215 Å². The summed E-state index contributed by atoms with van der Waals surface area (Å²) in [4.78, 5) is 23.5. The van der Waals surface area contributed by atoms with Crippen molar-refractivity contribution in [3.8, 4) is 11.4 Å². The first-order valence-corrected chi connectivity index (χ1v) is 12.7. The largest absolute Gasteiger partial charge is 0.372 e. The van der Waals surface area contributed by atoms with Crippen molar-refractivity contribution in [3.63, 3.8) is 0 Å². The molecule has 4 aromatic rings. The van der Waals surface area contributed by atoms with Gasteiger partial charge in [0.25, 0.3) is 12.2 Å². The molecule has 8 nitrogen and oxygen atoms in total. The zero-order chi connectivity index (χ0) is 25.4. The van der Waals surface area contributed by atoms with Crippen molar-refractivity contribution < 1.29 is 9.37 Å². The number of imidazole rings is 1. The fourth-order valence-electron chi connectivity index (χ4n) is 4.95. The Morgan fingerprint density at radius 1 is 0.973 bits per heavy atom. The maximum atomic E-state index is 12.9. The van der Waals surface area contributed by atoms with Crippen LogP contribution >= 0.6 is 0 Å². The molecular formula is C29H30N7O+. The van der Waals surface area contributed by atoms with Crippen molar-refractivity contribution in [1.82, 2.24) is 9.97 Å². The highest BCUT2D eigenvalue weighted by atomic mass is 16.1. The molecule has 8 heteroatoms. The van der Waals surface area contributed by atoms with Crippen molar-refractivity contribution in [2.45, 2.75) is 19.8 Å². The minimum absolute atomic E-state index is 0.164. The fourth-order valence-corrected chi connectivity index (χ4v) is 4.95. The van der Waals surface area contributed by atoms with E-state index in [1.54, 1.807) is 0 Å². The predicted molar refractivity (Wildman–Crippen MR) is 150 cm³/mol. The van der Waals surface area contributed by atoms with Crippen molar-refractivity contribution in [2.24, 2.45) is 5.10 Å². The van der Waals surface area contributed by atoms with E-state index in [0.717, 1.165) is 53.5 Å². The number of anilines is 3. The molecule has 2 aliphatic rings. The lowest BCUT2D eigenvalue weighted by Crippen LogP contribution is -2.32. The highest BCUT2D eigenvalue weighted by Crippen LogP contribution is 2.27. The lowest BCUT2D eigenvalue weighted by atomic mass is 10.2. The van der Waals surface area contributed by atoms with Crippen molar-refractivity contribution in [3.05, 3.63) is 72.3 Å². The van der Waals surface area contributed by atoms with Crippen LogP contribution in [0.4, 0.5) is 17.1 Å². The van der Waals surface area contributed by atoms with E-state index in [1.165, 1.54) is 18.5 Å². The van der Waals surface area contributed by atoms with Gasteiger partial charge in [0.1, 0.15) is 12.4 Å². The fraction of sp³-hybridized carbons (Fsp3) is 0.241. The SMILES string of the molecule is CC1=NN(c2ccc(C(=O)Nc3ccc4nc(-c5ccc(N6CCCC6)cc5)[nH]c4c3)cc2)C=[N+](C)C1. The molecule has 37 heavy (non-hydrogen) atoms. The summed E-state index contributed by atoms with van der Waals surface area (Å²) in [7, 11) is 2.01. The summed E-state index contributed by atoms with van der Waals surface area (Å²) in [5.74, 6) is 0.655. The molecule has 6 rings (SSSR count). The quantitative estimate of drug-likeness (QED) is 0.387. The molecule has 2 N–H and O–H groups in total. The van der Waals surface area contributed by atoms with Crippen LogP contribution in [0.25, 0.3) is 22.4 Å². The number of amides is 1. The topological polar surface area (TPSA) is 79.6 Å². The van der Waals surface area contributed by atoms with Gasteiger partial charge in [0.2, 0.25) is 0 Å². The first kappa shape index (κ1) is 23.0. The van der Waals surface area contributed by atoms with Gasteiger partial charge in [-0.2, -0.15) is 0 Å². The highest BCUT2D eigenvalue weighted by Gasteiger charge is 2.18. The van der Waals surface area contributed by atoms with Gasteiger partial charge in [0, 0.05) is 35.6 Å². The average Bonchev–Trinajstić information content (AvgIpc) is 3.59. The van der Waals surface area contributed by atoms with Gasteiger partial charge in [-0.05, 0) is 86.5 Å². The van der Waals surface area contributed by atoms with Crippen molar-refractivity contribution >= 4 is 46.1 Å². The maximum Gasteiger partial charge on any atom is 0.265 e. The molecular weight excluding hydrogens is 462 g/mol. The van der Waals surface area contributed by atoms with Crippen LogP contribution in [0.3, 0.4) is 0 Å². The number of benzene rings is 3. The van der Waals surface area contributed by atoms with E-state index in [1.807, 2.05) is 67.8 Å². The number of hydrogen-bond donors (Lipinski definition) is 2. The van der Waals surface area contributed by atoms with E-state index in [2.05, 4.69) is 49.1 Å². The van der Waals surface area contributed by atoms with E-state index in [0.29, 0.717) is 11.3 Å². The number of rotatable bonds is 5. The standard InChI is InChI=1S/C29H29N7O/c1-20-18-34(2)19-36(33-20)25-12-7-22(8-13-25)29(37)30-23-9-14-26-27(17-23)32-28(31-26)21-5-10-24(11-6-21)35-15-3-4-16-35/h5-14,17,19H,3-4,15-16,18H2,1-2H3,(H-,30,31,32,37)/p+1. The molecule has 1 amide bonds. The molecule has 0 spiro atoms. The summed E-state index contributed by atoms with van der Waals surface area (Å²) >= 11 is 0. The molecule has 0 saturated carbocycles. The third kappa shape index (κ3) is 4.82. The zero-order valence-electron chi connectivity index (χ0n) is 21.1. The van der Waals surface area contributed by atoms with Gasteiger partial charge < -0.3 is 15.2 Å². The summed E-state index contributed by atoms with van der Waals surface area (Å²) in [5, 5.41) is 9.39. The van der Waals surface area contributed by atoms with E-state index >= 15 is 0 Å². The molecule has 2 aliphatic heterocycles. The molecule has 0 aliphatic carbocycles. The summed E-state index contributed by atoms with van der Waals surface area (Å²) in [5.41, 5.74) is 7.28. The number of nitrogens with zero attached hydrogens (tertiary/aromatic N) is 5. The number of aromatic amines is 1. The number of hydrogen-bond acceptors (Lipinski definition) is 5. The van der Waals surface area contributed by atoms with Gasteiger partial charge in [0.05, 0.1) is 23.8 Å². The molecule has 0 bridgehead atoms. The minimum atomic E-state index is -0.164. The number of H-pyrrole nitrogens is 1. The van der Waals surface area contributed by atoms with Crippen LogP contribution in [0.2, 0.25) is 0 Å². The Kier molecular flexibility index (Phi) is 5.92. The Bertz CT molecular complexity index is 1490. The molecule has 0 unspecified atom stereocenters. The third-order valence-electron chi connectivity index (χ3n) is 6.81. The first-order chi connectivity index (χ1) is 18.0. The van der Waals surface area contributed by atoms with Gasteiger partial charge >= 0.3 is 0 Å². The van der Waals surface area contributed by atoms with Gasteiger partial charge in [-0.3, -0.25) is 9.37 Å². The third-order valence-corrected chi connectivity index (χ3v) is 6.81. The molecule has 1 fully saturated rings. The molecule has 3 aromatic carbocycles. The minimum Gasteiger partial charge on any atom is -0.372 e. The van der Waals surface area contributed by atoms with Crippen LogP contribution in [0.15, 0.2) is 71.8 Å². The average molecular weight is 493 g/mol. The molecule has 1 aromatic heterocycles. The number of aromatic nitrogens is 2. The summed E-state index contributed by atoms with van der Waals surface area (Å²) in [6.45, 7) is 5.07. The second-order valence-electron chi connectivity index (χ2n) is 9.77.